The predicted octanol–water partition coefficient (Wildman–Crippen LogP) is 5.46. The molecule has 3 N–H and O–H groups in total. The van der Waals surface area contributed by atoms with Gasteiger partial charge in [0.05, 0.1) is 21.7 Å². The molecule has 2 aliphatic heterocycles. The lowest BCUT2D eigenvalue weighted by Gasteiger charge is -2.46. The van der Waals surface area contributed by atoms with Crippen molar-refractivity contribution in [1.82, 2.24) is 15.1 Å². The fraction of sp³-hybridized carbons (Fsp3) is 0.382. The first-order valence-electron chi connectivity index (χ1n) is 15.3. The summed E-state index contributed by atoms with van der Waals surface area (Å²) in [7, 11) is 3.24. The number of rotatable bonds is 10. The second kappa shape index (κ2) is 14.4. The molecule has 244 valence electrons. The molecule has 3 aromatic carbocycles. The number of anilines is 1. The average molecular weight is 671 g/mol. The molecule has 0 saturated carbocycles. The number of nitrogens with one attached hydrogen (secondary N) is 1. The van der Waals surface area contributed by atoms with E-state index in [0.717, 1.165) is 0 Å². The number of likely N-dealkylation sites (N-methyl/N-ethyl adjacent to an activating group) is 1. The number of ether oxygens (including phenoxy) is 1. The number of hydrogen-bond donors (Lipinski definition) is 2. The summed E-state index contributed by atoms with van der Waals surface area (Å²) in [4.78, 5) is 45.5. The first-order chi connectivity index (χ1) is 22.0. The molecule has 1 fully saturated rings. The van der Waals surface area contributed by atoms with E-state index in [-0.39, 0.29) is 30.7 Å². The zero-order valence-corrected chi connectivity index (χ0v) is 27.4. The Morgan fingerprint density at radius 2 is 1.76 bits per heavy atom. The summed E-state index contributed by atoms with van der Waals surface area (Å²) in [6.45, 7) is 2.22. The minimum Gasteiger partial charge on any atom is -0.437 e. The van der Waals surface area contributed by atoms with Crippen LogP contribution in [-0.4, -0.2) is 74.5 Å². The van der Waals surface area contributed by atoms with Gasteiger partial charge in [0.15, 0.2) is 0 Å². The molecule has 12 heteroatoms. The molecule has 2 heterocycles. The van der Waals surface area contributed by atoms with Crippen LogP contribution >= 0.6 is 23.2 Å². The fourth-order valence-electron chi connectivity index (χ4n) is 6.39. The van der Waals surface area contributed by atoms with E-state index in [1.54, 1.807) is 38.4 Å². The Kier molecular flexibility index (Phi) is 10.5. The number of carbonyl (C=O) groups excluding carboxylic acids is 3. The van der Waals surface area contributed by atoms with Gasteiger partial charge in [0, 0.05) is 58.7 Å². The second-order valence-corrected chi connectivity index (χ2v) is 12.6. The number of benzene rings is 3. The molecule has 9 nitrogen and oxygen atoms in total. The van der Waals surface area contributed by atoms with E-state index in [4.69, 9.17) is 33.7 Å². The zero-order chi connectivity index (χ0) is 33.0. The molecular weight excluding hydrogens is 632 g/mol. The number of halogens is 3. The number of hydrogen-bond acceptors (Lipinski definition) is 6. The fourth-order valence-corrected chi connectivity index (χ4v) is 6.70. The summed E-state index contributed by atoms with van der Waals surface area (Å²) >= 11 is 12.6. The third-order valence-electron chi connectivity index (χ3n) is 8.95. The summed E-state index contributed by atoms with van der Waals surface area (Å²) in [5, 5.41) is 3.53. The van der Waals surface area contributed by atoms with Gasteiger partial charge in [-0.2, -0.15) is 0 Å². The average Bonchev–Trinajstić information content (AvgIpc) is 3.05. The van der Waals surface area contributed by atoms with Crippen LogP contribution in [0.15, 0.2) is 66.7 Å². The maximum atomic E-state index is 14.3. The quantitative estimate of drug-likeness (QED) is 0.297. The molecule has 2 atom stereocenters. The monoisotopic (exact) mass is 669 g/mol. The second-order valence-electron chi connectivity index (χ2n) is 11.8. The minimum absolute atomic E-state index is 0.253. The maximum Gasteiger partial charge on any atom is 0.414 e. The normalized spacial score (nSPS) is 17.2. The first-order valence-corrected chi connectivity index (χ1v) is 16.0. The van der Waals surface area contributed by atoms with Gasteiger partial charge in [0.1, 0.15) is 17.5 Å². The third-order valence-corrected chi connectivity index (χ3v) is 9.69. The van der Waals surface area contributed by atoms with Crippen LogP contribution < -0.4 is 16.0 Å². The Balaban J connectivity index is 1.36. The molecule has 3 amide bonds. The van der Waals surface area contributed by atoms with Gasteiger partial charge in [-0.25, -0.2) is 9.18 Å². The molecule has 0 aromatic heterocycles. The van der Waals surface area contributed by atoms with E-state index in [1.165, 1.54) is 21.9 Å². The Morgan fingerprint density at radius 3 is 2.43 bits per heavy atom. The van der Waals surface area contributed by atoms with E-state index in [0.29, 0.717) is 71.3 Å². The molecule has 0 radical (unpaired) electrons. The highest BCUT2D eigenvalue weighted by Gasteiger charge is 2.46. The van der Waals surface area contributed by atoms with Crippen LogP contribution in [-0.2, 0) is 19.9 Å². The van der Waals surface area contributed by atoms with Crippen molar-refractivity contribution in [1.29, 1.82) is 0 Å². The molecule has 0 unspecified atom stereocenters. The zero-order valence-electron chi connectivity index (χ0n) is 25.8. The lowest BCUT2D eigenvalue weighted by molar-refractivity contribution is -0.140. The molecule has 0 aliphatic carbocycles. The van der Waals surface area contributed by atoms with Crippen LogP contribution in [0.3, 0.4) is 0 Å². The van der Waals surface area contributed by atoms with Gasteiger partial charge in [0.2, 0.25) is 11.8 Å². The smallest absolute Gasteiger partial charge is 0.414 e. The van der Waals surface area contributed by atoms with Crippen molar-refractivity contribution in [2.75, 3.05) is 51.7 Å². The van der Waals surface area contributed by atoms with Crippen molar-refractivity contribution in [3.63, 3.8) is 0 Å². The highest BCUT2D eigenvalue weighted by Crippen LogP contribution is 2.45. The first kappa shape index (κ1) is 33.7. The highest BCUT2D eigenvalue weighted by molar-refractivity contribution is 6.42. The Bertz CT molecular complexity index is 1580. The van der Waals surface area contributed by atoms with Crippen molar-refractivity contribution in [3.05, 3.63) is 99.3 Å². The molecule has 0 bridgehead atoms. The van der Waals surface area contributed by atoms with Crippen LogP contribution in [0.25, 0.3) is 0 Å². The van der Waals surface area contributed by atoms with Gasteiger partial charge < -0.3 is 25.6 Å². The van der Waals surface area contributed by atoms with Crippen LogP contribution in [0.4, 0.5) is 14.9 Å². The lowest BCUT2D eigenvalue weighted by Crippen LogP contribution is -2.51. The van der Waals surface area contributed by atoms with Gasteiger partial charge in [-0.05, 0) is 54.4 Å². The number of nitrogens with two attached hydrogens (primary N) is 1. The minimum atomic E-state index is -0.920. The summed E-state index contributed by atoms with van der Waals surface area (Å²) in [6, 6.07) is 17.8. The van der Waals surface area contributed by atoms with Crippen molar-refractivity contribution < 1.29 is 23.5 Å². The molecular formula is C34H38Cl2FN5O4. The summed E-state index contributed by atoms with van der Waals surface area (Å²) in [6.07, 6.45) is 0.912. The maximum absolute atomic E-state index is 14.3. The lowest BCUT2D eigenvalue weighted by atomic mass is 9.81. The predicted molar refractivity (Wildman–Crippen MR) is 176 cm³/mol. The number of piperidine rings is 1. The van der Waals surface area contributed by atoms with Crippen molar-refractivity contribution in [2.45, 2.75) is 36.8 Å². The molecule has 1 spiro atoms. The van der Waals surface area contributed by atoms with E-state index < -0.39 is 23.7 Å². The third kappa shape index (κ3) is 7.00. The number of fused-ring (bicyclic) bond motifs is 2. The van der Waals surface area contributed by atoms with Gasteiger partial charge in [-0.15, -0.1) is 0 Å². The van der Waals surface area contributed by atoms with Crippen LogP contribution in [0.5, 0.6) is 0 Å². The Labute approximate surface area is 278 Å². The summed E-state index contributed by atoms with van der Waals surface area (Å²) < 4.78 is 20.2. The highest BCUT2D eigenvalue weighted by atomic mass is 35.5. The van der Waals surface area contributed by atoms with Crippen molar-refractivity contribution >= 4 is 46.8 Å². The van der Waals surface area contributed by atoms with Gasteiger partial charge >= 0.3 is 6.09 Å². The Morgan fingerprint density at radius 1 is 1.04 bits per heavy atom. The molecule has 1 saturated heterocycles. The van der Waals surface area contributed by atoms with Crippen LogP contribution in [0.1, 0.15) is 47.9 Å². The topological polar surface area (TPSA) is 108 Å². The van der Waals surface area contributed by atoms with E-state index in [1.807, 2.05) is 30.3 Å². The van der Waals surface area contributed by atoms with Gasteiger partial charge in [0.25, 0.3) is 0 Å². The van der Waals surface area contributed by atoms with E-state index in [2.05, 4.69) is 10.2 Å². The summed E-state index contributed by atoms with van der Waals surface area (Å²) in [5.74, 6) is -1.60. The number of nitrogens with zero attached hydrogens (tertiary/aromatic N) is 3. The summed E-state index contributed by atoms with van der Waals surface area (Å²) in [5.41, 5.74) is 7.38. The standard InChI is InChI=1S/C34H38Cl2FN5O4/c1-40-29-11-9-24(37)21-26(29)34(46-33(40)45)13-18-42(19-14-34)17-12-25(23-8-10-27(35)28(36)20-23)32(44)41(2)30(31(43)39-16-15-38)22-6-4-3-5-7-22/h3-11,20-21,25,30H,12-19,38H2,1-2H3,(H,39,43)/t25-,30+/m1/s1. The van der Waals surface area contributed by atoms with E-state index >= 15 is 0 Å². The molecule has 3 aromatic rings. The van der Waals surface area contributed by atoms with Crippen molar-refractivity contribution in [2.24, 2.45) is 5.73 Å². The number of amides is 3. The van der Waals surface area contributed by atoms with Crippen LogP contribution in [0.2, 0.25) is 10.0 Å². The van der Waals surface area contributed by atoms with Gasteiger partial charge in [-0.1, -0.05) is 59.6 Å². The molecule has 5 rings (SSSR count). The van der Waals surface area contributed by atoms with Crippen molar-refractivity contribution in [3.8, 4) is 0 Å². The van der Waals surface area contributed by atoms with E-state index in [9.17, 15) is 18.8 Å². The number of carbonyl (C=O) groups is 3. The number of likely N-dealkylation sites (tertiary alicyclic amines) is 1. The SMILES string of the molecule is CN1C(=O)OC2(CCN(CC[C@@H](C(=O)N(C)[C@H](C(=O)NCCN)c3ccccc3)c3ccc(Cl)c(Cl)c3)CC2)c2cc(F)ccc21. The van der Waals surface area contributed by atoms with Crippen LogP contribution in [0, 0.1) is 5.82 Å². The van der Waals surface area contributed by atoms with Gasteiger partial charge in [-0.3, -0.25) is 14.5 Å². The molecule has 46 heavy (non-hydrogen) atoms. The largest absolute Gasteiger partial charge is 0.437 e. The molecule has 2 aliphatic rings. The Hall–Kier alpha value is -3.70.